The van der Waals surface area contributed by atoms with Crippen LogP contribution >= 0.6 is 0 Å². The highest BCUT2D eigenvalue weighted by molar-refractivity contribution is 5.97. The molecule has 4 nitrogen and oxygen atoms in total. The highest BCUT2D eigenvalue weighted by atomic mass is 16.2. The van der Waals surface area contributed by atoms with Crippen LogP contribution in [0.25, 0.3) is 0 Å². The van der Waals surface area contributed by atoms with Crippen LogP contribution < -0.4 is 0 Å². The number of piperidine rings is 1. The minimum Gasteiger partial charge on any atom is -0.329 e. The Labute approximate surface area is 121 Å². The van der Waals surface area contributed by atoms with E-state index in [9.17, 15) is 9.59 Å². The van der Waals surface area contributed by atoms with Gasteiger partial charge in [-0.05, 0) is 58.3 Å². The number of carbonyl (C=O) groups is 2. The molecule has 0 aromatic heterocycles. The van der Waals surface area contributed by atoms with Gasteiger partial charge in [-0.3, -0.25) is 9.59 Å². The Morgan fingerprint density at radius 1 is 1.10 bits per heavy atom. The summed E-state index contributed by atoms with van der Waals surface area (Å²) >= 11 is 0. The van der Waals surface area contributed by atoms with Gasteiger partial charge in [0, 0.05) is 12.1 Å². The molecule has 2 heterocycles. The van der Waals surface area contributed by atoms with Gasteiger partial charge in [-0.15, -0.1) is 0 Å². The number of hydrogen-bond donors (Lipinski definition) is 0. The predicted octanol–water partition coefficient (Wildman–Crippen LogP) is 2.18. The molecular formula is C16H26N2O2. The third kappa shape index (κ3) is 1.95. The third-order valence-electron chi connectivity index (χ3n) is 5.49. The van der Waals surface area contributed by atoms with E-state index in [0.717, 1.165) is 32.2 Å². The van der Waals surface area contributed by atoms with Crippen molar-refractivity contribution >= 4 is 11.8 Å². The fourth-order valence-corrected chi connectivity index (χ4v) is 4.10. The van der Waals surface area contributed by atoms with Gasteiger partial charge in [-0.1, -0.05) is 6.92 Å². The Hall–Kier alpha value is -1.06. The zero-order chi connectivity index (χ0) is 14.5. The van der Waals surface area contributed by atoms with E-state index < -0.39 is 0 Å². The molecule has 112 valence electrons. The first-order valence-corrected chi connectivity index (χ1v) is 8.12. The van der Waals surface area contributed by atoms with Gasteiger partial charge in [0.05, 0.1) is 0 Å². The number of hydrogen-bond acceptors (Lipinski definition) is 2. The summed E-state index contributed by atoms with van der Waals surface area (Å²) in [6.45, 7) is 7.09. The first-order chi connectivity index (χ1) is 9.48. The van der Waals surface area contributed by atoms with E-state index in [1.165, 1.54) is 12.8 Å². The van der Waals surface area contributed by atoms with Crippen molar-refractivity contribution in [3.05, 3.63) is 0 Å². The number of rotatable bonds is 3. The minimum atomic E-state index is -0.243. The Balaban J connectivity index is 1.94. The minimum absolute atomic E-state index is 0.170. The SMILES string of the molecule is CCC1C(=O)N2CCCCC2C(=O)N1C(C)(C)C1CC1. The van der Waals surface area contributed by atoms with Gasteiger partial charge in [0.25, 0.3) is 0 Å². The van der Waals surface area contributed by atoms with E-state index >= 15 is 0 Å². The van der Waals surface area contributed by atoms with Crippen molar-refractivity contribution < 1.29 is 9.59 Å². The lowest BCUT2D eigenvalue weighted by Gasteiger charge is -2.52. The maximum absolute atomic E-state index is 13.0. The number of fused-ring (bicyclic) bond motifs is 1. The fourth-order valence-electron chi connectivity index (χ4n) is 4.10. The van der Waals surface area contributed by atoms with Gasteiger partial charge in [0.1, 0.15) is 12.1 Å². The zero-order valence-electron chi connectivity index (χ0n) is 12.9. The molecule has 3 fully saturated rings. The monoisotopic (exact) mass is 278 g/mol. The summed E-state index contributed by atoms with van der Waals surface area (Å²) in [5.41, 5.74) is -0.170. The average Bonchev–Trinajstić information content (AvgIpc) is 3.27. The second-order valence-corrected chi connectivity index (χ2v) is 7.10. The molecule has 20 heavy (non-hydrogen) atoms. The smallest absolute Gasteiger partial charge is 0.246 e. The summed E-state index contributed by atoms with van der Waals surface area (Å²) in [4.78, 5) is 29.6. The van der Waals surface area contributed by atoms with Gasteiger partial charge in [-0.2, -0.15) is 0 Å². The summed E-state index contributed by atoms with van der Waals surface area (Å²) in [5.74, 6) is 0.960. The van der Waals surface area contributed by atoms with Gasteiger partial charge < -0.3 is 9.80 Å². The lowest BCUT2D eigenvalue weighted by molar-refractivity contribution is -0.171. The fraction of sp³-hybridized carbons (Fsp3) is 0.875. The summed E-state index contributed by atoms with van der Waals surface area (Å²) in [5, 5.41) is 0. The number of nitrogens with zero attached hydrogens (tertiary/aromatic N) is 2. The van der Waals surface area contributed by atoms with Crippen molar-refractivity contribution in [2.24, 2.45) is 5.92 Å². The van der Waals surface area contributed by atoms with Crippen molar-refractivity contribution in [1.82, 2.24) is 9.80 Å². The molecule has 1 aliphatic carbocycles. The molecule has 3 aliphatic rings. The molecule has 0 radical (unpaired) electrons. The quantitative estimate of drug-likeness (QED) is 0.794. The van der Waals surface area contributed by atoms with E-state index in [1.807, 2.05) is 16.7 Å². The van der Waals surface area contributed by atoms with Gasteiger partial charge in [-0.25, -0.2) is 0 Å². The largest absolute Gasteiger partial charge is 0.329 e. The van der Waals surface area contributed by atoms with E-state index in [4.69, 9.17) is 0 Å². The second kappa shape index (κ2) is 4.74. The number of piperazine rings is 1. The predicted molar refractivity (Wildman–Crippen MR) is 77.1 cm³/mol. The molecule has 2 aliphatic heterocycles. The van der Waals surface area contributed by atoms with Crippen LogP contribution in [0, 0.1) is 5.92 Å². The van der Waals surface area contributed by atoms with Crippen LogP contribution in [0.1, 0.15) is 59.3 Å². The van der Waals surface area contributed by atoms with Crippen LogP contribution in [-0.4, -0.2) is 45.8 Å². The summed E-state index contributed by atoms with van der Waals surface area (Å²) in [6.07, 6.45) is 6.06. The molecule has 0 N–H and O–H groups in total. The molecule has 3 rings (SSSR count). The van der Waals surface area contributed by atoms with Crippen LogP contribution in [0.2, 0.25) is 0 Å². The number of amides is 2. The molecule has 2 saturated heterocycles. The van der Waals surface area contributed by atoms with Crippen LogP contribution in [0.4, 0.5) is 0 Å². The Morgan fingerprint density at radius 2 is 1.80 bits per heavy atom. The molecule has 4 heteroatoms. The second-order valence-electron chi connectivity index (χ2n) is 7.10. The molecule has 2 atom stereocenters. The third-order valence-corrected chi connectivity index (χ3v) is 5.49. The highest BCUT2D eigenvalue weighted by Gasteiger charge is 2.54. The summed E-state index contributed by atoms with van der Waals surface area (Å²) < 4.78 is 0. The van der Waals surface area contributed by atoms with Gasteiger partial charge in [0.2, 0.25) is 11.8 Å². The van der Waals surface area contributed by atoms with Crippen LogP contribution in [0.15, 0.2) is 0 Å². The van der Waals surface area contributed by atoms with E-state index in [2.05, 4.69) is 13.8 Å². The maximum atomic E-state index is 13.0. The summed E-state index contributed by atoms with van der Waals surface area (Å²) in [7, 11) is 0. The van der Waals surface area contributed by atoms with E-state index in [1.54, 1.807) is 0 Å². The maximum Gasteiger partial charge on any atom is 0.246 e. The van der Waals surface area contributed by atoms with E-state index in [-0.39, 0.29) is 29.4 Å². The Bertz CT molecular complexity index is 428. The Kier molecular flexibility index (Phi) is 3.30. The molecule has 2 unspecified atom stereocenters. The van der Waals surface area contributed by atoms with E-state index in [0.29, 0.717) is 5.92 Å². The van der Waals surface area contributed by atoms with Crippen molar-refractivity contribution in [2.45, 2.75) is 76.9 Å². The molecule has 0 aromatic carbocycles. The van der Waals surface area contributed by atoms with Crippen LogP contribution in [0.3, 0.4) is 0 Å². The van der Waals surface area contributed by atoms with Crippen LogP contribution in [-0.2, 0) is 9.59 Å². The van der Waals surface area contributed by atoms with Crippen molar-refractivity contribution in [1.29, 1.82) is 0 Å². The lowest BCUT2D eigenvalue weighted by atomic mass is 9.87. The molecule has 0 aromatic rings. The van der Waals surface area contributed by atoms with Crippen molar-refractivity contribution in [2.75, 3.05) is 6.54 Å². The molecule has 0 spiro atoms. The Morgan fingerprint density at radius 3 is 2.40 bits per heavy atom. The topological polar surface area (TPSA) is 40.6 Å². The molecule has 1 saturated carbocycles. The molecule has 0 bridgehead atoms. The normalized spacial score (nSPS) is 31.6. The van der Waals surface area contributed by atoms with Crippen LogP contribution in [0.5, 0.6) is 0 Å². The first kappa shape index (κ1) is 13.9. The molecular weight excluding hydrogens is 252 g/mol. The molecule has 2 amide bonds. The summed E-state index contributed by atoms with van der Waals surface area (Å²) in [6, 6.07) is -0.426. The standard InChI is InChI=1S/C16H26N2O2/c1-4-12-14(19)17-10-6-5-7-13(17)15(20)18(12)16(2,3)11-8-9-11/h11-13H,4-10H2,1-3H3. The zero-order valence-corrected chi connectivity index (χ0v) is 12.9. The first-order valence-electron chi connectivity index (χ1n) is 8.12. The lowest BCUT2D eigenvalue weighted by Crippen LogP contribution is -2.70. The van der Waals surface area contributed by atoms with Gasteiger partial charge >= 0.3 is 0 Å². The number of carbonyl (C=O) groups excluding carboxylic acids is 2. The highest BCUT2D eigenvalue weighted by Crippen LogP contribution is 2.45. The van der Waals surface area contributed by atoms with Gasteiger partial charge in [0.15, 0.2) is 0 Å². The van der Waals surface area contributed by atoms with Crippen molar-refractivity contribution in [3.63, 3.8) is 0 Å². The van der Waals surface area contributed by atoms with Crippen molar-refractivity contribution in [3.8, 4) is 0 Å². The average molecular weight is 278 g/mol.